The minimum Gasteiger partial charge on any atom is -0.315 e. The highest BCUT2D eigenvalue weighted by Crippen LogP contribution is 2.24. The van der Waals surface area contributed by atoms with Crippen LogP contribution in [0.25, 0.3) is 0 Å². The molecule has 22 heavy (non-hydrogen) atoms. The van der Waals surface area contributed by atoms with Gasteiger partial charge in [-0.2, -0.15) is 0 Å². The molecule has 0 spiro atoms. The number of thioether (sulfide) groups is 1. The summed E-state index contributed by atoms with van der Waals surface area (Å²) in [5, 5.41) is 2.97. The smallest absolute Gasteiger partial charge is 0.240 e. The van der Waals surface area contributed by atoms with Crippen LogP contribution in [0.2, 0.25) is 0 Å². The van der Waals surface area contributed by atoms with Crippen LogP contribution in [0.5, 0.6) is 0 Å². The molecule has 1 saturated heterocycles. The topological polar surface area (TPSA) is 61.8 Å². The third kappa shape index (κ3) is 4.34. The summed E-state index contributed by atoms with van der Waals surface area (Å²) < 4.78 is 0. The van der Waals surface area contributed by atoms with E-state index >= 15 is 0 Å². The Morgan fingerprint density at radius 1 is 1.36 bits per heavy atom. The fourth-order valence-electron chi connectivity index (χ4n) is 1.97. The molecule has 1 aromatic carbocycles. The molecule has 0 bridgehead atoms. The second-order valence-corrected chi connectivity index (χ2v) is 6.82. The van der Waals surface area contributed by atoms with Gasteiger partial charge in [-0.15, -0.1) is 0 Å². The van der Waals surface area contributed by atoms with Crippen molar-refractivity contribution < 1.29 is 9.59 Å². The minimum atomic E-state index is -0.399. The van der Waals surface area contributed by atoms with E-state index in [1.165, 1.54) is 11.8 Å². The molecule has 1 heterocycles. The van der Waals surface area contributed by atoms with Gasteiger partial charge in [0.2, 0.25) is 11.8 Å². The molecule has 1 aliphatic rings. The van der Waals surface area contributed by atoms with E-state index in [4.69, 9.17) is 0 Å². The highest BCUT2D eigenvalue weighted by atomic mass is 32.2. The Morgan fingerprint density at radius 3 is 2.68 bits per heavy atom. The molecule has 1 N–H and O–H groups in total. The fourth-order valence-corrected chi connectivity index (χ4v) is 2.94. The fraction of sp³-hybridized carbons (Fsp3) is 0.438. The number of carbonyl (C=O) groups excluding carboxylic acids is 2. The Balaban J connectivity index is 1.95. The average Bonchev–Trinajstić information content (AvgIpc) is 2.85. The van der Waals surface area contributed by atoms with Crippen molar-refractivity contribution in [3.63, 3.8) is 0 Å². The molecule has 1 unspecified atom stereocenters. The number of nitrogens with one attached hydrogen (secondary N) is 1. The van der Waals surface area contributed by atoms with Gasteiger partial charge < -0.3 is 10.2 Å². The van der Waals surface area contributed by atoms with Crippen molar-refractivity contribution in [3.05, 3.63) is 30.3 Å². The average molecular weight is 319 g/mol. The quantitative estimate of drug-likeness (QED) is 0.906. The van der Waals surface area contributed by atoms with E-state index in [9.17, 15) is 9.59 Å². The van der Waals surface area contributed by atoms with Crippen LogP contribution in [0.3, 0.4) is 0 Å². The molecule has 1 aliphatic heterocycles. The molecular weight excluding hydrogens is 298 g/mol. The van der Waals surface area contributed by atoms with Gasteiger partial charge in [0, 0.05) is 25.7 Å². The standard InChI is InChI=1S/C16H21N3O2S/c1-11(2)10-17-16-18-15(21)13(22-16)9-14(20)19(3)12-7-5-4-6-8-12/h4-8,11,13H,9-10H2,1-3H3,(H,17,18,21). The lowest BCUT2D eigenvalue weighted by molar-refractivity contribution is -0.123. The molecule has 1 fully saturated rings. The summed E-state index contributed by atoms with van der Waals surface area (Å²) in [5.41, 5.74) is 0.824. The van der Waals surface area contributed by atoms with E-state index in [0.717, 1.165) is 5.69 Å². The predicted octanol–water partition coefficient (Wildman–Crippen LogP) is 2.28. The van der Waals surface area contributed by atoms with Crippen molar-refractivity contribution in [3.8, 4) is 0 Å². The SMILES string of the molecule is CC(C)CN=C1NC(=O)C(CC(=O)N(C)c2ccccc2)S1. The summed E-state index contributed by atoms with van der Waals surface area (Å²) in [6, 6.07) is 9.41. The number of aliphatic imine (C=N–C) groups is 1. The lowest BCUT2D eigenvalue weighted by atomic mass is 10.2. The van der Waals surface area contributed by atoms with Gasteiger partial charge in [-0.25, -0.2) is 0 Å². The summed E-state index contributed by atoms with van der Waals surface area (Å²) in [6.07, 6.45) is 0.169. The molecule has 0 aromatic heterocycles. The van der Waals surface area contributed by atoms with Gasteiger partial charge in [-0.3, -0.25) is 14.6 Å². The van der Waals surface area contributed by atoms with Crippen LogP contribution in [-0.4, -0.2) is 35.8 Å². The Bertz CT molecular complexity index is 572. The molecule has 0 radical (unpaired) electrons. The van der Waals surface area contributed by atoms with Gasteiger partial charge in [0.05, 0.1) is 0 Å². The summed E-state index contributed by atoms with van der Waals surface area (Å²) in [4.78, 5) is 30.2. The first-order chi connectivity index (χ1) is 10.5. The maximum absolute atomic E-state index is 12.3. The third-order valence-corrected chi connectivity index (χ3v) is 4.37. The number of hydrogen-bond donors (Lipinski definition) is 1. The number of rotatable bonds is 5. The first kappa shape index (κ1) is 16.5. The monoisotopic (exact) mass is 319 g/mol. The first-order valence-electron chi connectivity index (χ1n) is 7.31. The maximum Gasteiger partial charge on any atom is 0.240 e. The molecule has 2 rings (SSSR count). The van der Waals surface area contributed by atoms with Crippen molar-refractivity contribution in [2.45, 2.75) is 25.5 Å². The molecule has 0 aliphatic carbocycles. The maximum atomic E-state index is 12.3. The van der Waals surface area contributed by atoms with E-state index in [0.29, 0.717) is 17.6 Å². The number of amides is 2. The van der Waals surface area contributed by atoms with Gasteiger partial charge in [-0.05, 0) is 18.1 Å². The van der Waals surface area contributed by atoms with Crippen LogP contribution in [-0.2, 0) is 9.59 Å². The molecular formula is C16H21N3O2S. The summed E-state index contributed by atoms with van der Waals surface area (Å²) >= 11 is 1.34. The van der Waals surface area contributed by atoms with Crippen molar-refractivity contribution in [2.24, 2.45) is 10.9 Å². The number of hydrogen-bond acceptors (Lipinski definition) is 4. The van der Waals surface area contributed by atoms with Crippen LogP contribution >= 0.6 is 11.8 Å². The summed E-state index contributed by atoms with van der Waals surface area (Å²) in [5.74, 6) is 0.223. The minimum absolute atomic E-state index is 0.0797. The molecule has 0 saturated carbocycles. The van der Waals surface area contributed by atoms with Gasteiger partial charge in [0.1, 0.15) is 5.25 Å². The zero-order chi connectivity index (χ0) is 16.1. The van der Waals surface area contributed by atoms with E-state index in [1.807, 2.05) is 30.3 Å². The third-order valence-electron chi connectivity index (χ3n) is 3.25. The summed E-state index contributed by atoms with van der Waals surface area (Å²) in [7, 11) is 1.73. The van der Waals surface area contributed by atoms with E-state index in [-0.39, 0.29) is 18.2 Å². The Kier molecular flexibility index (Phi) is 5.60. The second kappa shape index (κ2) is 7.45. The lowest BCUT2D eigenvalue weighted by Gasteiger charge is -2.18. The predicted molar refractivity (Wildman–Crippen MR) is 91.1 cm³/mol. The molecule has 5 nitrogen and oxygen atoms in total. The molecule has 2 amide bonds. The lowest BCUT2D eigenvalue weighted by Crippen LogP contribution is -2.32. The van der Waals surface area contributed by atoms with Crippen molar-refractivity contribution in [2.75, 3.05) is 18.5 Å². The number of amidine groups is 1. The Hall–Kier alpha value is -1.82. The van der Waals surface area contributed by atoms with Gasteiger partial charge in [0.25, 0.3) is 0 Å². The van der Waals surface area contributed by atoms with Crippen LogP contribution in [0, 0.1) is 5.92 Å². The normalized spacial score (nSPS) is 19.5. The van der Waals surface area contributed by atoms with E-state index < -0.39 is 5.25 Å². The van der Waals surface area contributed by atoms with E-state index in [2.05, 4.69) is 24.2 Å². The van der Waals surface area contributed by atoms with Gasteiger partial charge >= 0.3 is 0 Å². The van der Waals surface area contributed by atoms with Crippen molar-refractivity contribution in [1.29, 1.82) is 0 Å². The molecule has 6 heteroatoms. The number of para-hydroxylation sites is 1. The van der Waals surface area contributed by atoms with Crippen molar-refractivity contribution in [1.82, 2.24) is 5.32 Å². The number of benzene rings is 1. The molecule has 1 aromatic rings. The number of carbonyl (C=O) groups is 2. The second-order valence-electron chi connectivity index (χ2n) is 5.63. The first-order valence-corrected chi connectivity index (χ1v) is 8.19. The van der Waals surface area contributed by atoms with Crippen molar-refractivity contribution >= 4 is 34.4 Å². The van der Waals surface area contributed by atoms with Crippen LogP contribution in [0.1, 0.15) is 20.3 Å². The largest absolute Gasteiger partial charge is 0.315 e. The zero-order valence-electron chi connectivity index (χ0n) is 13.1. The van der Waals surface area contributed by atoms with Crippen LogP contribution in [0.4, 0.5) is 5.69 Å². The van der Waals surface area contributed by atoms with Crippen LogP contribution in [0.15, 0.2) is 35.3 Å². The molecule has 118 valence electrons. The Morgan fingerprint density at radius 2 is 2.05 bits per heavy atom. The number of nitrogens with zero attached hydrogens (tertiary/aromatic N) is 2. The molecule has 1 atom stereocenters. The van der Waals surface area contributed by atoms with E-state index in [1.54, 1.807) is 11.9 Å². The van der Waals surface area contributed by atoms with Crippen LogP contribution < -0.4 is 10.2 Å². The number of anilines is 1. The van der Waals surface area contributed by atoms with Gasteiger partial charge in [0.15, 0.2) is 5.17 Å². The Labute approximate surface area is 135 Å². The van der Waals surface area contributed by atoms with Gasteiger partial charge in [-0.1, -0.05) is 43.8 Å². The highest BCUT2D eigenvalue weighted by Gasteiger charge is 2.32. The zero-order valence-corrected chi connectivity index (χ0v) is 13.9. The highest BCUT2D eigenvalue weighted by molar-refractivity contribution is 8.15. The summed E-state index contributed by atoms with van der Waals surface area (Å²) in [6.45, 7) is 4.82.